The zero-order valence-corrected chi connectivity index (χ0v) is 19.3. The Labute approximate surface area is 184 Å². The van der Waals surface area contributed by atoms with Crippen molar-refractivity contribution in [2.24, 2.45) is 0 Å². The van der Waals surface area contributed by atoms with E-state index >= 15 is 0 Å². The van der Waals surface area contributed by atoms with Crippen LogP contribution in [0, 0.1) is 0 Å². The van der Waals surface area contributed by atoms with Crippen molar-refractivity contribution in [1.82, 2.24) is 9.80 Å². The molecular formula is C23H35N3O5. The molecule has 31 heavy (non-hydrogen) atoms. The van der Waals surface area contributed by atoms with Gasteiger partial charge in [-0.15, -0.1) is 0 Å². The van der Waals surface area contributed by atoms with Crippen LogP contribution in [0.15, 0.2) is 18.2 Å². The molecule has 0 atom stereocenters. The summed E-state index contributed by atoms with van der Waals surface area (Å²) < 4.78 is 11.2. The van der Waals surface area contributed by atoms with Crippen LogP contribution in [0.3, 0.4) is 0 Å². The third-order valence-electron chi connectivity index (χ3n) is 4.69. The van der Waals surface area contributed by atoms with Gasteiger partial charge >= 0.3 is 5.97 Å². The maximum absolute atomic E-state index is 12.7. The Morgan fingerprint density at radius 2 is 1.87 bits per heavy atom. The van der Waals surface area contributed by atoms with Crippen LogP contribution in [0.2, 0.25) is 0 Å². The molecule has 1 heterocycles. The van der Waals surface area contributed by atoms with Crippen LogP contribution < -0.4 is 10.1 Å². The van der Waals surface area contributed by atoms with E-state index in [9.17, 15) is 14.4 Å². The van der Waals surface area contributed by atoms with Gasteiger partial charge in [0.1, 0.15) is 17.9 Å². The molecule has 0 saturated carbocycles. The number of nitrogens with zero attached hydrogens (tertiary/aromatic N) is 2. The molecule has 0 radical (unpaired) electrons. The van der Waals surface area contributed by atoms with Crippen molar-refractivity contribution in [3.8, 4) is 5.75 Å². The van der Waals surface area contributed by atoms with Crippen molar-refractivity contribution in [3.05, 3.63) is 23.8 Å². The predicted octanol–water partition coefficient (Wildman–Crippen LogP) is 2.46. The van der Waals surface area contributed by atoms with E-state index in [0.29, 0.717) is 39.0 Å². The third kappa shape index (κ3) is 8.96. The fraction of sp³-hybridized carbons (Fsp3) is 0.609. The summed E-state index contributed by atoms with van der Waals surface area (Å²) in [6.07, 6.45) is 2.00. The SMILES string of the molecule is CN(C)CCN(CC(=O)OC(C)(C)C)C(=O)CCCOc1ccc2c(c1)CCC(=O)N2. The van der Waals surface area contributed by atoms with Crippen LogP contribution in [0.25, 0.3) is 0 Å². The van der Waals surface area contributed by atoms with Crippen molar-refractivity contribution in [1.29, 1.82) is 0 Å². The number of aryl methyl sites for hydroxylation is 1. The second kappa shape index (κ2) is 11.1. The number of rotatable bonds is 10. The minimum Gasteiger partial charge on any atom is -0.494 e. The number of hydrogen-bond donors (Lipinski definition) is 1. The average Bonchev–Trinajstić information content (AvgIpc) is 2.66. The van der Waals surface area contributed by atoms with Crippen molar-refractivity contribution >= 4 is 23.5 Å². The Morgan fingerprint density at radius 3 is 2.55 bits per heavy atom. The quantitative estimate of drug-likeness (QED) is 0.450. The molecule has 0 bridgehead atoms. The van der Waals surface area contributed by atoms with Crippen LogP contribution in [-0.2, 0) is 25.5 Å². The van der Waals surface area contributed by atoms with Crippen LogP contribution in [-0.4, -0.2) is 73.5 Å². The highest BCUT2D eigenvalue weighted by atomic mass is 16.6. The first-order valence-corrected chi connectivity index (χ1v) is 10.7. The van der Waals surface area contributed by atoms with Crippen molar-refractivity contribution in [3.63, 3.8) is 0 Å². The van der Waals surface area contributed by atoms with Crippen LogP contribution >= 0.6 is 0 Å². The lowest BCUT2D eigenvalue weighted by molar-refractivity contribution is -0.159. The first-order valence-electron chi connectivity index (χ1n) is 10.7. The summed E-state index contributed by atoms with van der Waals surface area (Å²) in [7, 11) is 3.85. The average molecular weight is 434 g/mol. The van der Waals surface area contributed by atoms with E-state index in [2.05, 4.69) is 5.32 Å². The van der Waals surface area contributed by atoms with E-state index in [4.69, 9.17) is 9.47 Å². The normalized spacial score (nSPS) is 13.4. The molecule has 172 valence electrons. The number of nitrogens with one attached hydrogen (secondary N) is 1. The Kier molecular flexibility index (Phi) is 8.86. The summed E-state index contributed by atoms with van der Waals surface area (Å²) >= 11 is 0. The van der Waals surface area contributed by atoms with Crippen LogP contribution in [0.4, 0.5) is 5.69 Å². The van der Waals surface area contributed by atoms with Gasteiger partial charge in [-0.05, 0) is 71.5 Å². The molecule has 0 spiro atoms. The Hall–Kier alpha value is -2.61. The largest absolute Gasteiger partial charge is 0.494 e. The van der Waals surface area contributed by atoms with E-state index in [0.717, 1.165) is 17.0 Å². The molecular weight excluding hydrogens is 398 g/mol. The zero-order chi connectivity index (χ0) is 23.0. The fourth-order valence-electron chi connectivity index (χ4n) is 3.16. The maximum atomic E-state index is 12.7. The summed E-state index contributed by atoms with van der Waals surface area (Å²) in [5.41, 5.74) is 1.30. The van der Waals surface area contributed by atoms with Gasteiger partial charge in [0.05, 0.1) is 6.61 Å². The number of amides is 2. The van der Waals surface area contributed by atoms with Gasteiger partial charge in [0.15, 0.2) is 0 Å². The Morgan fingerprint density at radius 1 is 1.13 bits per heavy atom. The first kappa shape index (κ1) is 24.7. The van der Waals surface area contributed by atoms with Gasteiger partial charge in [-0.3, -0.25) is 14.4 Å². The Bertz CT molecular complexity index is 786. The molecule has 1 aromatic carbocycles. The standard InChI is InChI=1S/C23H35N3O5/c1-23(2,3)31-22(29)16-26(13-12-25(4)5)21(28)7-6-14-30-18-9-10-19-17(15-18)8-11-20(27)24-19/h9-10,15H,6-8,11-14,16H2,1-5H3,(H,24,27). The summed E-state index contributed by atoms with van der Waals surface area (Å²) in [6.45, 7) is 6.89. The third-order valence-corrected chi connectivity index (χ3v) is 4.69. The highest BCUT2D eigenvalue weighted by Crippen LogP contribution is 2.26. The number of hydrogen-bond acceptors (Lipinski definition) is 6. The fourth-order valence-corrected chi connectivity index (χ4v) is 3.16. The molecule has 8 nitrogen and oxygen atoms in total. The van der Waals surface area contributed by atoms with E-state index in [1.165, 1.54) is 0 Å². The van der Waals surface area contributed by atoms with Gasteiger partial charge in [-0.2, -0.15) is 0 Å². The summed E-state index contributed by atoms with van der Waals surface area (Å²) in [6, 6.07) is 5.59. The molecule has 1 aromatic rings. The summed E-state index contributed by atoms with van der Waals surface area (Å²) in [5.74, 6) is 0.256. The molecule has 0 saturated heterocycles. The van der Waals surface area contributed by atoms with Crippen LogP contribution in [0.1, 0.15) is 45.6 Å². The maximum Gasteiger partial charge on any atom is 0.326 e. The minimum atomic E-state index is -0.584. The number of carbonyl (C=O) groups is 3. The molecule has 1 aliphatic rings. The second-order valence-electron chi connectivity index (χ2n) is 9.02. The van der Waals surface area contributed by atoms with Gasteiger partial charge in [0, 0.05) is 31.6 Å². The highest BCUT2D eigenvalue weighted by molar-refractivity contribution is 5.94. The van der Waals surface area contributed by atoms with Gasteiger partial charge < -0.3 is 24.6 Å². The van der Waals surface area contributed by atoms with Gasteiger partial charge in [0.2, 0.25) is 11.8 Å². The van der Waals surface area contributed by atoms with Crippen molar-refractivity contribution in [2.45, 2.75) is 52.1 Å². The van der Waals surface area contributed by atoms with E-state index in [1.807, 2.05) is 58.0 Å². The van der Waals surface area contributed by atoms with E-state index in [1.54, 1.807) is 4.90 Å². The molecule has 0 unspecified atom stereocenters. The predicted molar refractivity (Wildman–Crippen MR) is 119 cm³/mol. The smallest absolute Gasteiger partial charge is 0.326 e. The van der Waals surface area contributed by atoms with Gasteiger partial charge in [-0.1, -0.05) is 0 Å². The molecule has 1 aliphatic heterocycles. The number of fused-ring (bicyclic) bond motifs is 1. The van der Waals surface area contributed by atoms with Crippen LogP contribution in [0.5, 0.6) is 5.75 Å². The Balaban J connectivity index is 1.82. The number of carbonyl (C=O) groups excluding carboxylic acids is 3. The number of esters is 1. The monoisotopic (exact) mass is 433 g/mol. The van der Waals surface area contributed by atoms with Crippen molar-refractivity contribution in [2.75, 3.05) is 45.7 Å². The zero-order valence-electron chi connectivity index (χ0n) is 19.3. The molecule has 8 heteroatoms. The summed E-state index contributed by atoms with van der Waals surface area (Å²) in [5, 5.41) is 2.85. The van der Waals surface area contributed by atoms with E-state index in [-0.39, 0.29) is 24.8 Å². The number of anilines is 1. The molecule has 0 fully saturated rings. The number of likely N-dealkylation sites (N-methyl/N-ethyl adjacent to an activating group) is 1. The van der Waals surface area contributed by atoms with E-state index < -0.39 is 11.6 Å². The molecule has 2 rings (SSSR count). The van der Waals surface area contributed by atoms with Gasteiger partial charge in [-0.25, -0.2) is 0 Å². The van der Waals surface area contributed by atoms with Gasteiger partial charge in [0.25, 0.3) is 0 Å². The lowest BCUT2D eigenvalue weighted by Gasteiger charge is -2.26. The molecule has 0 aliphatic carbocycles. The second-order valence-corrected chi connectivity index (χ2v) is 9.02. The van der Waals surface area contributed by atoms with Crippen molar-refractivity contribution < 1.29 is 23.9 Å². The lowest BCUT2D eigenvalue weighted by Crippen LogP contribution is -2.42. The molecule has 0 aromatic heterocycles. The minimum absolute atomic E-state index is 0.0323. The first-order chi connectivity index (χ1) is 14.5. The molecule has 2 amide bonds. The topological polar surface area (TPSA) is 88.2 Å². The number of benzene rings is 1. The number of ether oxygens (including phenoxy) is 2. The highest BCUT2D eigenvalue weighted by Gasteiger charge is 2.22. The summed E-state index contributed by atoms with van der Waals surface area (Å²) in [4.78, 5) is 39.9. The lowest BCUT2D eigenvalue weighted by atomic mass is 10.0. The molecule has 1 N–H and O–H groups in total.